The summed E-state index contributed by atoms with van der Waals surface area (Å²) in [7, 11) is 0. The average Bonchev–Trinajstić information content (AvgIpc) is 2.66. The highest BCUT2D eigenvalue weighted by molar-refractivity contribution is 6.30. The van der Waals surface area contributed by atoms with Crippen molar-refractivity contribution in [2.24, 2.45) is 0 Å². The number of hydrogen-bond acceptors (Lipinski definition) is 3. The first-order valence-corrected chi connectivity index (χ1v) is 6.06. The first-order valence-electron chi connectivity index (χ1n) is 5.68. The van der Waals surface area contributed by atoms with Crippen LogP contribution in [0.1, 0.15) is 28.5 Å². The van der Waals surface area contributed by atoms with Crippen LogP contribution in [-0.4, -0.2) is 5.16 Å². The molecule has 0 aliphatic heterocycles. The van der Waals surface area contributed by atoms with Gasteiger partial charge in [0.15, 0.2) is 0 Å². The highest BCUT2D eigenvalue weighted by Crippen LogP contribution is 2.25. The van der Waals surface area contributed by atoms with Crippen molar-refractivity contribution in [2.75, 3.05) is 0 Å². The lowest BCUT2D eigenvalue weighted by molar-refractivity contribution is 0.392. The maximum absolute atomic E-state index is 9.31. The maximum atomic E-state index is 9.31. The molecule has 4 heteroatoms. The van der Waals surface area contributed by atoms with Crippen LogP contribution < -0.4 is 0 Å². The van der Waals surface area contributed by atoms with Crippen molar-refractivity contribution in [3.63, 3.8) is 0 Å². The lowest BCUT2D eigenvalue weighted by Gasteiger charge is -2.09. The van der Waals surface area contributed by atoms with Crippen molar-refractivity contribution in [3.8, 4) is 6.07 Å². The van der Waals surface area contributed by atoms with Gasteiger partial charge in [0.1, 0.15) is 5.76 Å². The van der Waals surface area contributed by atoms with Gasteiger partial charge in [0, 0.05) is 10.6 Å². The molecule has 0 aliphatic rings. The number of aromatic nitrogens is 1. The number of halogens is 1. The molecule has 0 fully saturated rings. The van der Waals surface area contributed by atoms with Gasteiger partial charge in [0.2, 0.25) is 0 Å². The quantitative estimate of drug-likeness (QED) is 0.843. The van der Waals surface area contributed by atoms with Crippen LogP contribution in [0.2, 0.25) is 5.02 Å². The molecule has 0 N–H and O–H groups in total. The van der Waals surface area contributed by atoms with Gasteiger partial charge in [0.25, 0.3) is 0 Å². The summed E-state index contributed by atoms with van der Waals surface area (Å²) < 4.78 is 5.11. The summed E-state index contributed by atoms with van der Waals surface area (Å²) in [6.07, 6.45) is 0.595. The standard InChI is InChI=1S/C14H13ClN2O/c1-9-14(10(2)18-17-9)7-12(8-16)11-4-3-5-13(15)6-11/h3-6,12H,7H2,1-2H3. The van der Waals surface area contributed by atoms with Crippen molar-refractivity contribution in [1.82, 2.24) is 5.16 Å². The van der Waals surface area contributed by atoms with Crippen LogP contribution in [0.3, 0.4) is 0 Å². The van der Waals surface area contributed by atoms with E-state index in [-0.39, 0.29) is 5.92 Å². The number of benzene rings is 1. The summed E-state index contributed by atoms with van der Waals surface area (Å²) in [5.74, 6) is 0.537. The predicted octanol–water partition coefficient (Wildman–Crippen LogP) is 3.79. The van der Waals surface area contributed by atoms with E-state index in [9.17, 15) is 5.26 Å². The molecule has 1 atom stereocenters. The minimum Gasteiger partial charge on any atom is -0.361 e. The second-order valence-corrected chi connectivity index (χ2v) is 4.68. The van der Waals surface area contributed by atoms with E-state index in [0.717, 1.165) is 22.6 Å². The van der Waals surface area contributed by atoms with Crippen LogP contribution in [0.5, 0.6) is 0 Å². The molecule has 1 heterocycles. The Morgan fingerprint density at radius 1 is 1.44 bits per heavy atom. The van der Waals surface area contributed by atoms with Gasteiger partial charge in [-0.1, -0.05) is 28.9 Å². The molecule has 18 heavy (non-hydrogen) atoms. The first kappa shape index (κ1) is 12.7. The fourth-order valence-corrected chi connectivity index (χ4v) is 2.16. The van der Waals surface area contributed by atoms with E-state index >= 15 is 0 Å². The largest absolute Gasteiger partial charge is 0.361 e. The lowest BCUT2D eigenvalue weighted by atomic mass is 9.92. The molecule has 1 aromatic heterocycles. The molecule has 2 rings (SSSR count). The molecule has 2 aromatic rings. The van der Waals surface area contributed by atoms with Gasteiger partial charge >= 0.3 is 0 Å². The van der Waals surface area contributed by atoms with Crippen LogP contribution in [0, 0.1) is 25.2 Å². The van der Waals surface area contributed by atoms with Crippen LogP contribution in [0.25, 0.3) is 0 Å². The van der Waals surface area contributed by atoms with Gasteiger partial charge < -0.3 is 4.52 Å². The molecule has 3 nitrogen and oxygen atoms in total. The summed E-state index contributed by atoms with van der Waals surface area (Å²) in [6, 6.07) is 9.71. The van der Waals surface area contributed by atoms with Crippen molar-refractivity contribution < 1.29 is 4.52 Å². The predicted molar refractivity (Wildman–Crippen MR) is 69.5 cm³/mol. The van der Waals surface area contributed by atoms with E-state index in [2.05, 4.69) is 11.2 Å². The molecule has 1 aromatic carbocycles. The van der Waals surface area contributed by atoms with E-state index in [1.54, 1.807) is 6.07 Å². The summed E-state index contributed by atoms with van der Waals surface area (Å²) in [5.41, 5.74) is 2.77. The smallest absolute Gasteiger partial charge is 0.137 e. The van der Waals surface area contributed by atoms with E-state index in [1.165, 1.54) is 0 Å². The van der Waals surface area contributed by atoms with E-state index in [4.69, 9.17) is 16.1 Å². The van der Waals surface area contributed by atoms with Gasteiger partial charge in [-0.25, -0.2) is 0 Å². The van der Waals surface area contributed by atoms with Crippen molar-refractivity contribution >= 4 is 11.6 Å². The Morgan fingerprint density at radius 3 is 2.78 bits per heavy atom. The van der Waals surface area contributed by atoms with Crippen LogP contribution in [0.4, 0.5) is 0 Å². The van der Waals surface area contributed by atoms with Crippen LogP contribution >= 0.6 is 11.6 Å². The Hall–Kier alpha value is -1.79. The molecule has 1 unspecified atom stereocenters. The number of rotatable bonds is 3. The van der Waals surface area contributed by atoms with Crippen molar-refractivity contribution in [3.05, 3.63) is 51.9 Å². The van der Waals surface area contributed by atoms with Crippen molar-refractivity contribution in [1.29, 1.82) is 5.26 Å². The molecule has 0 radical (unpaired) electrons. The van der Waals surface area contributed by atoms with E-state index < -0.39 is 0 Å². The van der Waals surface area contributed by atoms with Gasteiger partial charge in [-0.2, -0.15) is 5.26 Å². The average molecular weight is 261 g/mol. The highest BCUT2D eigenvalue weighted by Gasteiger charge is 2.17. The molecule has 0 saturated carbocycles. The second kappa shape index (κ2) is 5.24. The normalized spacial score (nSPS) is 12.1. The Kier molecular flexibility index (Phi) is 3.69. The van der Waals surface area contributed by atoms with E-state index in [1.807, 2.05) is 32.0 Å². The number of hydrogen-bond donors (Lipinski definition) is 0. The van der Waals surface area contributed by atoms with Crippen LogP contribution in [0.15, 0.2) is 28.8 Å². The maximum Gasteiger partial charge on any atom is 0.137 e. The zero-order valence-corrected chi connectivity index (χ0v) is 11.0. The monoisotopic (exact) mass is 260 g/mol. The zero-order chi connectivity index (χ0) is 13.1. The first-order chi connectivity index (χ1) is 8.61. The minimum absolute atomic E-state index is 0.236. The number of aryl methyl sites for hydroxylation is 2. The Bertz CT molecular complexity index is 579. The molecular formula is C14H13ClN2O. The third-order valence-corrected chi connectivity index (χ3v) is 3.23. The highest BCUT2D eigenvalue weighted by atomic mass is 35.5. The minimum atomic E-state index is -0.236. The number of nitrogens with zero attached hydrogens (tertiary/aromatic N) is 2. The molecule has 0 spiro atoms. The van der Waals surface area contributed by atoms with Gasteiger partial charge in [-0.15, -0.1) is 0 Å². The second-order valence-electron chi connectivity index (χ2n) is 4.24. The van der Waals surface area contributed by atoms with Crippen molar-refractivity contribution in [2.45, 2.75) is 26.2 Å². The Balaban J connectivity index is 2.29. The third kappa shape index (κ3) is 2.55. The van der Waals surface area contributed by atoms with Gasteiger partial charge in [-0.05, 0) is 38.0 Å². The van der Waals surface area contributed by atoms with Crippen LogP contribution in [-0.2, 0) is 6.42 Å². The van der Waals surface area contributed by atoms with Gasteiger partial charge in [-0.3, -0.25) is 0 Å². The zero-order valence-electron chi connectivity index (χ0n) is 10.3. The Labute approximate surface area is 111 Å². The molecular weight excluding hydrogens is 248 g/mol. The Morgan fingerprint density at radius 2 is 2.22 bits per heavy atom. The number of nitriles is 1. The van der Waals surface area contributed by atoms with Gasteiger partial charge in [0.05, 0.1) is 17.7 Å². The summed E-state index contributed by atoms with van der Waals surface area (Å²) in [5, 5.41) is 13.9. The summed E-state index contributed by atoms with van der Waals surface area (Å²) >= 11 is 5.95. The molecule has 0 amide bonds. The molecule has 0 bridgehead atoms. The fraction of sp³-hybridized carbons (Fsp3) is 0.286. The lowest BCUT2D eigenvalue weighted by Crippen LogP contribution is -2.02. The fourth-order valence-electron chi connectivity index (χ4n) is 1.96. The molecule has 0 aliphatic carbocycles. The topological polar surface area (TPSA) is 49.8 Å². The molecule has 0 saturated heterocycles. The third-order valence-electron chi connectivity index (χ3n) is 3.00. The summed E-state index contributed by atoms with van der Waals surface area (Å²) in [6.45, 7) is 3.75. The van der Waals surface area contributed by atoms with E-state index in [0.29, 0.717) is 11.4 Å². The molecule has 92 valence electrons. The SMILES string of the molecule is Cc1noc(C)c1CC(C#N)c1cccc(Cl)c1. The summed E-state index contributed by atoms with van der Waals surface area (Å²) in [4.78, 5) is 0.